The summed E-state index contributed by atoms with van der Waals surface area (Å²) in [6.45, 7) is 1.88. The van der Waals surface area contributed by atoms with Crippen LogP contribution in [-0.2, 0) is 19.6 Å². The van der Waals surface area contributed by atoms with Crippen LogP contribution in [0.5, 0.6) is 0 Å². The first-order valence-electron chi connectivity index (χ1n) is 7.01. The second kappa shape index (κ2) is 7.63. The van der Waals surface area contributed by atoms with Gasteiger partial charge >= 0.3 is 0 Å². The summed E-state index contributed by atoms with van der Waals surface area (Å²) in [6, 6.07) is 0. The van der Waals surface area contributed by atoms with Crippen molar-refractivity contribution in [2.75, 3.05) is 43.5 Å². The maximum Gasteiger partial charge on any atom is 0.232 e. The lowest BCUT2D eigenvalue weighted by molar-refractivity contribution is -0.127. The molecule has 0 bridgehead atoms. The summed E-state index contributed by atoms with van der Waals surface area (Å²) in [5, 5.41) is 0. The molecular formula is C12H22N2O4S2. The molecule has 0 aromatic heterocycles. The van der Waals surface area contributed by atoms with E-state index in [1.807, 2.05) is 0 Å². The van der Waals surface area contributed by atoms with E-state index in [1.54, 1.807) is 16.7 Å². The van der Waals surface area contributed by atoms with Gasteiger partial charge in [-0.2, -0.15) is 0 Å². The molecule has 2 saturated heterocycles. The van der Waals surface area contributed by atoms with E-state index < -0.39 is 10.0 Å². The summed E-state index contributed by atoms with van der Waals surface area (Å²) in [5.41, 5.74) is 0. The van der Waals surface area contributed by atoms with Crippen LogP contribution in [0, 0.1) is 0 Å². The Morgan fingerprint density at radius 2 is 2.20 bits per heavy atom. The van der Waals surface area contributed by atoms with Gasteiger partial charge in [-0.05, 0) is 19.3 Å². The van der Waals surface area contributed by atoms with Gasteiger partial charge in [-0.15, -0.1) is 11.8 Å². The van der Waals surface area contributed by atoms with Crippen LogP contribution in [0.15, 0.2) is 0 Å². The fourth-order valence-electron chi connectivity index (χ4n) is 2.31. The number of nitrogens with zero attached hydrogens (tertiary/aromatic N) is 1. The number of nitrogens with one attached hydrogen (secondary N) is 1. The van der Waals surface area contributed by atoms with Crippen LogP contribution < -0.4 is 4.72 Å². The molecule has 0 spiro atoms. The molecule has 0 aromatic rings. The number of ether oxygens (including phenoxy) is 1. The van der Waals surface area contributed by atoms with Crippen LogP contribution in [-0.4, -0.2) is 68.8 Å². The van der Waals surface area contributed by atoms with E-state index >= 15 is 0 Å². The number of carbonyl (C=O) groups is 1. The average molecular weight is 322 g/mol. The highest BCUT2D eigenvalue weighted by molar-refractivity contribution is 8.00. The molecule has 2 heterocycles. The molecular weight excluding hydrogens is 300 g/mol. The molecule has 0 aliphatic carbocycles. The van der Waals surface area contributed by atoms with Crippen molar-refractivity contribution in [3.8, 4) is 0 Å². The Labute approximate surface area is 124 Å². The van der Waals surface area contributed by atoms with E-state index in [4.69, 9.17) is 4.74 Å². The van der Waals surface area contributed by atoms with Crippen LogP contribution in [0.3, 0.4) is 0 Å². The minimum atomic E-state index is -3.19. The van der Waals surface area contributed by atoms with Gasteiger partial charge in [0.2, 0.25) is 15.9 Å². The maximum atomic E-state index is 12.0. The van der Waals surface area contributed by atoms with Crippen molar-refractivity contribution in [2.24, 2.45) is 0 Å². The number of carbonyl (C=O) groups excluding carboxylic acids is 1. The van der Waals surface area contributed by atoms with Crippen LogP contribution >= 0.6 is 11.8 Å². The van der Waals surface area contributed by atoms with E-state index in [9.17, 15) is 13.2 Å². The molecule has 2 aliphatic heterocycles. The summed E-state index contributed by atoms with van der Waals surface area (Å²) in [5.74, 6) is 1.26. The number of rotatable bonds is 4. The first kappa shape index (κ1) is 16.1. The summed E-state index contributed by atoms with van der Waals surface area (Å²) in [4.78, 5) is 13.7. The Hall–Kier alpha value is -0.310. The summed E-state index contributed by atoms with van der Waals surface area (Å²) < 4.78 is 30.9. The predicted molar refractivity (Wildman–Crippen MR) is 79.3 cm³/mol. The van der Waals surface area contributed by atoms with Gasteiger partial charge in [0.1, 0.15) is 0 Å². The van der Waals surface area contributed by atoms with Crippen LogP contribution in [0.25, 0.3) is 0 Å². The molecule has 0 radical (unpaired) electrons. The zero-order valence-electron chi connectivity index (χ0n) is 11.5. The second-order valence-corrected chi connectivity index (χ2v) is 8.05. The summed E-state index contributed by atoms with van der Waals surface area (Å²) in [6.07, 6.45) is 3.68. The zero-order chi connectivity index (χ0) is 14.4. The lowest BCUT2D eigenvalue weighted by Gasteiger charge is -2.23. The monoisotopic (exact) mass is 322 g/mol. The van der Waals surface area contributed by atoms with Gasteiger partial charge in [0.25, 0.3) is 0 Å². The Kier molecular flexibility index (Phi) is 6.13. The molecule has 2 rings (SSSR count). The minimum Gasteiger partial charge on any atom is -0.377 e. The van der Waals surface area contributed by atoms with E-state index in [0.29, 0.717) is 18.8 Å². The number of hydrogen-bond acceptors (Lipinski definition) is 5. The first-order chi connectivity index (χ1) is 9.57. The summed E-state index contributed by atoms with van der Waals surface area (Å²) >= 11 is 1.58. The third kappa shape index (κ3) is 5.23. The first-order valence-corrected chi connectivity index (χ1v) is 9.82. The molecule has 1 N–H and O–H groups in total. The SMILES string of the molecule is O=C(CSCC1CCCCO1)N1CCNS(=O)(=O)CC1. The lowest BCUT2D eigenvalue weighted by Crippen LogP contribution is -2.36. The third-order valence-corrected chi connectivity index (χ3v) is 5.91. The molecule has 2 aliphatic rings. The normalized spacial score (nSPS) is 27.0. The van der Waals surface area contributed by atoms with Crippen molar-refractivity contribution in [1.82, 2.24) is 9.62 Å². The molecule has 0 aromatic carbocycles. The molecule has 6 nitrogen and oxygen atoms in total. The Morgan fingerprint density at radius 1 is 1.35 bits per heavy atom. The van der Waals surface area contributed by atoms with Gasteiger partial charge in [-0.3, -0.25) is 4.79 Å². The molecule has 1 atom stereocenters. The van der Waals surface area contributed by atoms with E-state index in [-0.39, 0.29) is 24.3 Å². The van der Waals surface area contributed by atoms with E-state index in [2.05, 4.69) is 4.72 Å². The number of amides is 1. The van der Waals surface area contributed by atoms with Crippen molar-refractivity contribution < 1.29 is 17.9 Å². The Balaban J connectivity index is 1.68. The average Bonchev–Trinajstić information content (AvgIpc) is 2.61. The van der Waals surface area contributed by atoms with Gasteiger partial charge in [-0.25, -0.2) is 13.1 Å². The third-order valence-electron chi connectivity index (χ3n) is 3.49. The van der Waals surface area contributed by atoms with Gasteiger partial charge in [-0.1, -0.05) is 0 Å². The van der Waals surface area contributed by atoms with E-state index in [1.165, 1.54) is 6.42 Å². The van der Waals surface area contributed by atoms with Gasteiger partial charge in [0.15, 0.2) is 0 Å². The molecule has 2 fully saturated rings. The quantitative estimate of drug-likeness (QED) is 0.791. The number of hydrogen-bond donors (Lipinski definition) is 1. The van der Waals surface area contributed by atoms with Crippen LogP contribution in [0.2, 0.25) is 0 Å². The Bertz CT molecular complexity index is 421. The van der Waals surface area contributed by atoms with Crippen molar-refractivity contribution in [1.29, 1.82) is 0 Å². The molecule has 20 heavy (non-hydrogen) atoms. The molecule has 8 heteroatoms. The topological polar surface area (TPSA) is 75.7 Å². The maximum absolute atomic E-state index is 12.0. The highest BCUT2D eigenvalue weighted by Crippen LogP contribution is 2.17. The highest BCUT2D eigenvalue weighted by Gasteiger charge is 2.22. The van der Waals surface area contributed by atoms with Crippen molar-refractivity contribution in [3.63, 3.8) is 0 Å². The largest absolute Gasteiger partial charge is 0.377 e. The molecule has 1 amide bonds. The van der Waals surface area contributed by atoms with Gasteiger partial charge in [0.05, 0.1) is 17.6 Å². The number of sulfonamides is 1. The van der Waals surface area contributed by atoms with Crippen molar-refractivity contribution in [2.45, 2.75) is 25.4 Å². The number of thioether (sulfide) groups is 1. The molecule has 116 valence electrons. The highest BCUT2D eigenvalue weighted by atomic mass is 32.2. The molecule has 1 unspecified atom stereocenters. The second-order valence-electron chi connectivity index (χ2n) is 5.10. The standard InChI is InChI=1S/C12H22N2O4S2/c15-12(10-19-9-11-3-1-2-7-18-11)14-5-4-13-20(16,17)8-6-14/h11,13H,1-10H2. The smallest absolute Gasteiger partial charge is 0.232 e. The van der Waals surface area contributed by atoms with Crippen molar-refractivity contribution >= 4 is 27.7 Å². The lowest BCUT2D eigenvalue weighted by atomic mass is 10.1. The van der Waals surface area contributed by atoms with E-state index in [0.717, 1.165) is 25.2 Å². The summed E-state index contributed by atoms with van der Waals surface area (Å²) in [7, 11) is -3.19. The Morgan fingerprint density at radius 3 is 2.95 bits per heavy atom. The van der Waals surface area contributed by atoms with Crippen molar-refractivity contribution in [3.05, 3.63) is 0 Å². The fraction of sp³-hybridized carbons (Fsp3) is 0.917. The fourth-order valence-corrected chi connectivity index (χ4v) is 4.32. The molecule has 0 saturated carbocycles. The minimum absolute atomic E-state index is 0.00482. The zero-order valence-corrected chi connectivity index (χ0v) is 13.2. The van der Waals surface area contributed by atoms with Gasteiger partial charge in [0, 0.05) is 32.0 Å². The van der Waals surface area contributed by atoms with Crippen LogP contribution in [0.4, 0.5) is 0 Å². The van der Waals surface area contributed by atoms with Crippen LogP contribution in [0.1, 0.15) is 19.3 Å². The van der Waals surface area contributed by atoms with Gasteiger partial charge < -0.3 is 9.64 Å². The predicted octanol–water partition coefficient (Wildman–Crippen LogP) is 0.0503.